The smallest absolute Gasteiger partial charge is 0.275 e. The minimum Gasteiger partial charge on any atom is -0.349 e. The Kier molecular flexibility index (Phi) is 5.81. The molecule has 1 aliphatic rings. The van der Waals surface area contributed by atoms with E-state index in [0.29, 0.717) is 6.54 Å². The van der Waals surface area contributed by atoms with Crippen molar-refractivity contribution >= 4 is 27.5 Å². The first kappa shape index (κ1) is 17.3. The lowest BCUT2D eigenvalue weighted by Crippen LogP contribution is -3.28. The molecule has 3 N–H and O–H groups in total. The van der Waals surface area contributed by atoms with Crippen molar-refractivity contribution in [3.63, 3.8) is 0 Å². The molecule has 0 bridgehead atoms. The second kappa shape index (κ2) is 8.05. The molecule has 1 atom stereocenters. The fourth-order valence-electron chi connectivity index (χ4n) is 3.18. The number of aromatic nitrogens is 1. The van der Waals surface area contributed by atoms with Crippen LogP contribution in [-0.4, -0.2) is 49.7 Å². The molecule has 0 radical (unpaired) electrons. The zero-order valence-electron chi connectivity index (χ0n) is 14.6. The predicted molar refractivity (Wildman–Crippen MR) is 97.5 cm³/mol. The normalized spacial score (nSPS) is 22.4. The van der Waals surface area contributed by atoms with Crippen LogP contribution in [-0.2, 0) is 11.3 Å². The summed E-state index contributed by atoms with van der Waals surface area (Å²) in [6, 6.07) is 8.63. The Balaban J connectivity index is 1.46. The highest BCUT2D eigenvalue weighted by atomic mass is 32.1. The summed E-state index contributed by atoms with van der Waals surface area (Å²) in [5, 5.41) is 4.29. The van der Waals surface area contributed by atoms with Crippen LogP contribution in [0, 0.1) is 0 Å². The van der Waals surface area contributed by atoms with Crippen LogP contribution < -0.4 is 15.1 Å². The number of carbonyl (C=O) groups excluding carboxylic acids is 1. The summed E-state index contributed by atoms with van der Waals surface area (Å²) < 4.78 is 1.28. The third kappa shape index (κ3) is 4.53. The van der Waals surface area contributed by atoms with Crippen molar-refractivity contribution in [1.29, 1.82) is 0 Å². The van der Waals surface area contributed by atoms with Gasteiger partial charge < -0.3 is 15.1 Å². The first-order chi connectivity index (χ1) is 11.6. The Hall–Kier alpha value is -1.50. The van der Waals surface area contributed by atoms with Crippen molar-refractivity contribution < 1.29 is 14.6 Å². The van der Waals surface area contributed by atoms with E-state index < -0.39 is 0 Å². The SMILES string of the molecule is CC[C@@H](C)NC(=O)C[NH+]1CC[NH+](Cc2nc3ccccc3s2)CC1. The summed E-state index contributed by atoms with van der Waals surface area (Å²) in [4.78, 5) is 19.7. The average Bonchev–Trinajstić information content (AvgIpc) is 2.98. The van der Waals surface area contributed by atoms with Crippen LogP contribution >= 0.6 is 11.3 Å². The van der Waals surface area contributed by atoms with E-state index in [1.54, 1.807) is 4.90 Å². The van der Waals surface area contributed by atoms with Crippen LogP contribution in [0.15, 0.2) is 24.3 Å². The molecule has 2 heterocycles. The third-order valence-corrected chi connectivity index (χ3v) is 5.87. The van der Waals surface area contributed by atoms with Crippen LogP contribution in [0.25, 0.3) is 10.2 Å². The van der Waals surface area contributed by atoms with Crippen molar-refractivity contribution in [2.75, 3.05) is 32.7 Å². The second-order valence-corrected chi connectivity index (χ2v) is 7.92. The molecule has 1 aliphatic heterocycles. The van der Waals surface area contributed by atoms with Crippen LogP contribution in [0.1, 0.15) is 25.3 Å². The molecule has 130 valence electrons. The quantitative estimate of drug-likeness (QED) is 0.659. The fraction of sp³-hybridized carbons (Fsp3) is 0.556. The zero-order valence-corrected chi connectivity index (χ0v) is 15.4. The number of amides is 1. The summed E-state index contributed by atoms with van der Waals surface area (Å²) in [5.74, 6) is 0.189. The van der Waals surface area contributed by atoms with Crippen LogP contribution in [0.5, 0.6) is 0 Å². The molecule has 0 unspecified atom stereocenters. The molecular weight excluding hydrogens is 320 g/mol. The van der Waals surface area contributed by atoms with Crippen molar-refractivity contribution in [3.05, 3.63) is 29.3 Å². The van der Waals surface area contributed by atoms with E-state index in [-0.39, 0.29) is 11.9 Å². The van der Waals surface area contributed by atoms with E-state index >= 15 is 0 Å². The minimum absolute atomic E-state index is 0.189. The van der Waals surface area contributed by atoms with E-state index in [1.807, 2.05) is 17.4 Å². The Labute approximate surface area is 147 Å². The molecule has 1 fully saturated rings. The van der Waals surface area contributed by atoms with Gasteiger partial charge in [0.1, 0.15) is 37.7 Å². The molecule has 1 aromatic heterocycles. The maximum atomic E-state index is 12.0. The monoisotopic (exact) mass is 348 g/mol. The number of benzene rings is 1. The van der Waals surface area contributed by atoms with Gasteiger partial charge in [-0.2, -0.15) is 0 Å². The Bertz CT molecular complexity index is 645. The van der Waals surface area contributed by atoms with Gasteiger partial charge in [0.05, 0.1) is 10.2 Å². The molecule has 0 spiro atoms. The van der Waals surface area contributed by atoms with Gasteiger partial charge in [-0.3, -0.25) is 4.79 Å². The summed E-state index contributed by atoms with van der Waals surface area (Å²) in [5.41, 5.74) is 1.11. The lowest BCUT2D eigenvalue weighted by atomic mass is 10.2. The van der Waals surface area contributed by atoms with Crippen LogP contribution in [0.3, 0.4) is 0 Å². The molecule has 2 aromatic rings. The first-order valence-electron chi connectivity index (χ1n) is 8.95. The van der Waals surface area contributed by atoms with Gasteiger partial charge in [0.25, 0.3) is 5.91 Å². The van der Waals surface area contributed by atoms with Gasteiger partial charge in [-0.05, 0) is 25.5 Å². The summed E-state index contributed by atoms with van der Waals surface area (Å²) >= 11 is 1.81. The molecule has 0 aliphatic carbocycles. The lowest BCUT2D eigenvalue weighted by Gasteiger charge is -2.29. The number of rotatable bonds is 6. The number of nitrogens with one attached hydrogen (secondary N) is 3. The molecule has 5 nitrogen and oxygen atoms in total. The molecule has 3 rings (SSSR count). The summed E-state index contributed by atoms with van der Waals surface area (Å²) in [7, 11) is 0. The number of hydrogen-bond acceptors (Lipinski definition) is 3. The molecule has 1 amide bonds. The van der Waals surface area contributed by atoms with Crippen molar-refractivity contribution in [1.82, 2.24) is 10.3 Å². The highest BCUT2D eigenvalue weighted by molar-refractivity contribution is 7.18. The molecule has 24 heavy (non-hydrogen) atoms. The molecule has 0 saturated carbocycles. The second-order valence-electron chi connectivity index (χ2n) is 6.81. The average molecular weight is 349 g/mol. The minimum atomic E-state index is 0.189. The summed E-state index contributed by atoms with van der Waals surface area (Å²) in [6.45, 7) is 10.1. The van der Waals surface area contributed by atoms with Gasteiger partial charge in [0.15, 0.2) is 6.54 Å². The number of piperazine rings is 1. The Morgan fingerprint density at radius 3 is 2.67 bits per heavy atom. The highest BCUT2D eigenvalue weighted by Gasteiger charge is 2.25. The molecule has 1 saturated heterocycles. The maximum Gasteiger partial charge on any atom is 0.275 e. The van der Waals surface area contributed by atoms with Crippen molar-refractivity contribution in [3.8, 4) is 0 Å². The zero-order chi connectivity index (χ0) is 16.9. The number of quaternary nitrogens is 2. The largest absolute Gasteiger partial charge is 0.349 e. The molecular formula is C18H28N4OS+2. The van der Waals surface area contributed by atoms with E-state index in [0.717, 1.165) is 44.7 Å². The maximum absolute atomic E-state index is 12.0. The Morgan fingerprint density at radius 2 is 1.96 bits per heavy atom. The number of thiazole rings is 1. The standard InChI is InChI=1S/C18H26N4OS/c1-3-14(2)19-17(23)12-21-8-10-22(11-9-21)13-18-20-15-6-4-5-7-16(15)24-18/h4-7,14H,3,8-13H2,1-2H3,(H,19,23)/p+2/t14-/m1/s1. The number of nitrogens with zero attached hydrogens (tertiary/aromatic N) is 1. The topological polar surface area (TPSA) is 50.9 Å². The van der Waals surface area contributed by atoms with Gasteiger partial charge in [-0.15, -0.1) is 11.3 Å². The van der Waals surface area contributed by atoms with E-state index in [1.165, 1.54) is 14.6 Å². The number of hydrogen-bond donors (Lipinski definition) is 3. The highest BCUT2D eigenvalue weighted by Crippen LogP contribution is 2.20. The van der Waals surface area contributed by atoms with Gasteiger partial charge in [-0.25, -0.2) is 4.98 Å². The van der Waals surface area contributed by atoms with Gasteiger partial charge in [0.2, 0.25) is 0 Å². The fourth-order valence-corrected chi connectivity index (χ4v) is 4.21. The van der Waals surface area contributed by atoms with Gasteiger partial charge in [0, 0.05) is 6.04 Å². The van der Waals surface area contributed by atoms with Crippen LogP contribution in [0.2, 0.25) is 0 Å². The van der Waals surface area contributed by atoms with E-state index in [4.69, 9.17) is 4.98 Å². The van der Waals surface area contributed by atoms with E-state index in [2.05, 4.69) is 37.4 Å². The lowest BCUT2D eigenvalue weighted by molar-refractivity contribution is -1.02. The Morgan fingerprint density at radius 1 is 1.25 bits per heavy atom. The molecule has 1 aromatic carbocycles. The van der Waals surface area contributed by atoms with Crippen LogP contribution in [0.4, 0.5) is 0 Å². The van der Waals surface area contributed by atoms with Crippen molar-refractivity contribution in [2.24, 2.45) is 0 Å². The molecule has 6 heteroatoms. The number of fused-ring (bicyclic) bond motifs is 1. The van der Waals surface area contributed by atoms with Gasteiger partial charge >= 0.3 is 0 Å². The summed E-state index contributed by atoms with van der Waals surface area (Å²) in [6.07, 6.45) is 0.987. The third-order valence-electron chi connectivity index (χ3n) is 4.83. The number of para-hydroxylation sites is 1. The van der Waals surface area contributed by atoms with E-state index in [9.17, 15) is 4.79 Å². The number of carbonyl (C=O) groups is 1. The first-order valence-corrected chi connectivity index (χ1v) is 9.76. The van der Waals surface area contributed by atoms with Gasteiger partial charge in [-0.1, -0.05) is 19.1 Å². The predicted octanol–water partition coefficient (Wildman–Crippen LogP) is -0.506. The van der Waals surface area contributed by atoms with Crippen molar-refractivity contribution in [2.45, 2.75) is 32.9 Å².